The number of aliphatic hydroxyl groups excluding tert-OH is 1. The summed E-state index contributed by atoms with van der Waals surface area (Å²) in [5.41, 5.74) is 2.26. The summed E-state index contributed by atoms with van der Waals surface area (Å²) in [4.78, 5) is 4.53. The highest BCUT2D eigenvalue weighted by atomic mass is 127. The van der Waals surface area contributed by atoms with Gasteiger partial charge >= 0.3 is 0 Å². The topological polar surface area (TPSA) is 75.1 Å². The minimum atomic E-state index is -0.616. The molecule has 0 bridgehead atoms. The van der Waals surface area contributed by atoms with Crippen LogP contribution in [0.3, 0.4) is 0 Å². The highest BCUT2D eigenvalue weighted by molar-refractivity contribution is 14.0. The summed E-state index contributed by atoms with van der Waals surface area (Å²) in [5.74, 6) is 0.719. The summed E-state index contributed by atoms with van der Waals surface area (Å²) < 4.78 is 11.2. The van der Waals surface area contributed by atoms with E-state index in [0.717, 1.165) is 50.5 Å². The average Bonchev–Trinajstić information content (AvgIpc) is 3.21. The van der Waals surface area contributed by atoms with Gasteiger partial charge in [-0.3, -0.25) is 4.99 Å². The Balaban J connectivity index is 0.00000450. The van der Waals surface area contributed by atoms with Gasteiger partial charge < -0.3 is 25.2 Å². The van der Waals surface area contributed by atoms with Crippen molar-refractivity contribution < 1.29 is 14.6 Å². The fourth-order valence-corrected chi connectivity index (χ4v) is 3.20. The molecule has 0 amide bonds. The van der Waals surface area contributed by atoms with Crippen LogP contribution in [0.1, 0.15) is 64.2 Å². The first-order valence-electron chi connectivity index (χ1n) is 10.9. The van der Waals surface area contributed by atoms with Gasteiger partial charge in [-0.25, -0.2) is 0 Å². The second-order valence-electron chi connectivity index (χ2n) is 8.60. The maximum atomic E-state index is 10.5. The van der Waals surface area contributed by atoms with E-state index in [2.05, 4.69) is 48.5 Å². The lowest BCUT2D eigenvalue weighted by atomic mass is 9.86. The van der Waals surface area contributed by atoms with Gasteiger partial charge in [-0.1, -0.05) is 45.0 Å². The summed E-state index contributed by atoms with van der Waals surface area (Å²) in [6.07, 6.45) is 2.81. The standard InChI is InChI=1S/C23H39N3O3.HI/c1-5-24-22(25-13-7-14-28-17-20-8-6-15-29-20)26-16-21(27)18-9-11-19(12-10-18)23(2,3)4;/h9-12,20-21,27H,5-8,13-17H2,1-4H3,(H2,24,25,26);1H. The molecule has 6 nitrogen and oxygen atoms in total. The molecule has 1 saturated heterocycles. The molecule has 1 aliphatic rings. The van der Waals surface area contributed by atoms with Crippen LogP contribution in [0.2, 0.25) is 0 Å². The monoisotopic (exact) mass is 533 g/mol. The van der Waals surface area contributed by atoms with Gasteiger partial charge in [0.2, 0.25) is 0 Å². The molecule has 2 rings (SSSR count). The normalized spacial score (nSPS) is 18.0. The highest BCUT2D eigenvalue weighted by Crippen LogP contribution is 2.24. The molecule has 3 N–H and O–H groups in total. The van der Waals surface area contributed by atoms with Crippen LogP contribution in [-0.4, -0.2) is 56.6 Å². The van der Waals surface area contributed by atoms with Crippen molar-refractivity contribution >= 4 is 29.9 Å². The van der Waals surface area contributed by atoms with E-state index < -0.39 is 6.10 Å². The van der Waals surface area contributed by atoms with E-state index in [9.17, 15) is 5.11 Å². The van der Waals surface area contributed by atoms with E-state index in [1.54, 1.807) is 0 Å². The molecule has 0 radical (unpaired) electrons. The third-order valence-electron chi connectivity index (χ3n) is 5.01. The second-order valence-corrected chi connectivity index (χ2v) is 8.60. The number of guanidine groups is 1. The SMILES string of the molecule is CCNC(=NCC(O)c1ccc(C(C)(C)C)cc1)NCCCOCC1CCCO1.I. The lowest BCUT2D eigenvalue weighted by molar-refractivity contribution is 0.0168. The summed E-state index contributed by atoms with van der Waals surface area (Å²) in [6, 6.07) is 8.16. The third-order valence-corrected chi connectivity index (χ3v) is 5.01. The van der Waals surface area contributed by atoms with Crippen LogP contribution >= 0.6 is 24.0 Å². The Morgan fingerprint density at radius 3 is 2.60 bits per heavy atom. The van der Waals surface area contributed by atoms with Gasteiger partial charge in [0, 0.05) is 26.3 Å². The van der Waals surface area contributed by atoms with Crippen molar-refractivity contribution in [2.75, 3.05) is 39.5 Å². The molecule has 1 aliphatic heterocycles. The fraction of sp³-hybridized carbons (Fsp3) is 0.696. The second kappa shape index (κ2) is 14.2. The summed E-state index contributed by atoms with van der Waals surface area (Å²) >= 11 is 0. The van der Waals surface area contributed by atoms with E-state index in [1.807, 2.05) is 19.1 Å². The van der Waals surface area contributed by atoms with E-state index in [1.165, 1.54) is 5.56 Å². The molecule has 0 aromatic heterocycles. The van der Waals surface area contributed by atoms with E-state index in [-0.39, 0.29) is 35.5 Å². The third kappa shape index (κ3) is 9.94. The van der Waals surface area contributed by atoms with Gasteiger partial charge in [0.1, 0.15) is 0 Å². The molecule has 172 valence electrons. The molecular weight excluding hydrogens is 493 g/mol. The van der Waals surface area contributed by atoms with Crippen molar-refractivity contribution in [1.82, 2.24) is 10.6 Å². The zero-order chi connectivity index (χ0) is 21.1. The number of hydrogen-bond acceptors (Lipinski definition) is 4. The molecule has 1 heterocycles. The van der Waals surface area contributed by atoms with Crippen molar-refractivity contribution in [2.24, 2.45) is 4.99 Å². The van der Waals surface area contributed by atoms with Crippen molar-refractivity contribution in [3.8, 4) is 0 Å². The van der Waals surface area contributed by atoms with Crippen molar-refractivity contribution in [3.05, 3.63) is 35.4 Å². The van der Waals surface area contributed by atoms with Gasteiger partial charge in [0.15, 0.2) is 5.96 Å². The molecule has 7 heteroatoms. The molecule has 1 aromatic rings. The fourth-order valence-electron chi connectivity index (χ4n) is 3.20. The Hall–Kier alpha value is -0.900. The molecular formula is C23H40IN3O3. The quantitative estimate of drug-likeness (QED) is 0.185. The van der Waals surface area contributed by atoms with Crippen LogP contribution in [0, 0.1) is 0 Å². The molecule has 1 fully saturated rings. The Kier molecular flexibility index (Phi) is 12.9. The predicted molar refractivity (Wildman–Crippen MR) is 134 cm³/mol. The number of hydrogen-bond donors (Lipinski definition) is 3. The van der Waals surface area contributed by atoms with Crippen LogP contribution in [-0.2, 0) is 14.9 Å². The van der Waals surface area contributed by atoms with Crippen LogP contribution in [0.5, 0.6) is 0 Å². The van der Waals surface area contributed by atoms with Crippen LogP contribution in [0.4, 0.5) is 0 Å². The van der Waals surface area contributed by atoms with Crippen LogP contribution in [0.25, 0.3) is 0 Å². The maximum absolute atomic E-state index is 10.5. The average molecular weight is 533 g/mol. The minimum Gasteiger partial charge on any atom is -0.386 e. The first kappa shape index (κ1) is 27.1. The van der Waals surface area contributed by atoms with Crippen molar-refractivity contribution in [3.63, 3.8) is 0 Å². The summed E-state index contributed by atoms with van der Waals surface area (Å²) in [6.45, 7) is 12.7. The molecule has 30 heavy (non-hydrogen) atoms. The number of benzene rings is 1. The Morgan fingerprint density at radius 2 is 2.00 bits per heavy atom. The largest absolute Gasteiger partial charge is 0.386 e. The first-order chi connectivity index (χ1) is 13.9. The number of aliphatic hydroxyl groups is 1. The zero-order valence-electron chi connectivity index (χ0n) is 18.9. The van der Waals surface area contributed by atoms with Crippen LogP contribution in [0.15, 0.2) is 29.3 Å². The highest BCUT2D eigenvalue weighted by Gasteiger charge is 2.15. The lowest BCUT2D eigenvalue weighted by Gasteiger charge is -2.20. The number of aliphatic imine (C=N–C) groups is 1. The number of halogens is 1. The number of ether oxygens (including phenoxy) is 2. The Morgan fingerprint density at radius 1 is 1.27 bits per heavy atom. The molecule has 2 unspecified atom stereocenters. The first-order valence-corrected chi connectivity index (χ1v) is 10.9. The van der Waals surface area contributed by atoms with E-state index in [0.29, 0.717) is 19.8 Å². The lowest BCUT2D eigenvalue weighted by Crippen LogP contribution is -2.38. The van der Waals surface area contributed by atoms with E-state index in [4.69, 9.17) is 9.47 Å². The Bertz CT molecular complexity index is 611. The van der Waals surface area contributed by atoms with Crippen molar-refractivity contribution in [1.29, 1.82) is 0 Å². The molecule has 0 spiro atoms. The van der Waals surface area contributed by atoms with Gasteiger partial charge in [-0.2, -0.15) is 0 Å². The maximum Gasteiger partial charge on any atom is 0.191 e. The van der Waals surface area contributed by atoms with E-state index >= 15 is 0 Å². The van der Waals surface area contributed by atoms with Crippen molar-refractivity contribution in [2.45, 2.75) is 64.6 Å². The van der Waals surface area contributed by atoms with Gasteiger partial charge in [0.05, 0.1) is 25.4 Å². The van der Waals surface area contributed by atoms with Gasteiger partial charge in [0.25, 0.3) is 0 Å². The number of nitrogens with zero attached hydrogens (tertiary/aromatic N) is 1. The molecule has 2 atom stereocenters. The van der Waals surface area contributed by atoms with Gasteiger partial charge in [-0.15, -0.1) is 24.0 Å². The number of rotatable bonds is 10. The summed E-state index contributed by atoms with van der Waals surface area (Å²) in [5, 5.41) is 17.0. The molecule has 0 aliphatic carbocycles. The summed E-state index contributed by atoms with van der Waals surface area (Å²) in [7, 11) is 0. The smallest absolute Gasteiger partial charge is 0.191 e. The zero-order valence-corrected chi connectivity index (χ0v) is 21.3. The molecule has 1 aromatic carbocycles. The Labute approximate surface area is 199 Å². The minimum absolute atomic E-state index is 0. The van der Waals surface area contributed by atoms with Gasteiger partial charge in [-0.05, 0) is 42.7 Å². The number of nitrogens with one attached hydrogen (secondary N) is 2. The van der Waals surface area contributed by atoms with Crippen LogP contribution < -0.4 is 10.6 Å². The molecule has 0 saturated carbocycles. The predicted octanol–water partition coefficient (Wildman–Crippen LogP) is 3.78.